The molecule has 0 aliphatic rings. The van der Waals surface area contributed by atoms with E-state index in [2.05, 4.69) is 5.32 Å². The first-order chi connectivity index (χ1) is 10.5. The molecular weight excluding hydrogens is 318 g/mol. The Bertz CT molecular complexity index is 639. The number of Topliss-reactive ketones (excluding diaryl/α,β-unsaturated/α-hetero) is 1. The van der Waals surface area contributed by atoms with Crippen molar-refractivity contribution in [2.24, 2.45) is 5.84 Å². The second kappa shape index (κ2) is 7.23. The molecule has 0 heterocycles. The number of anilines is 1. The van der Waals surface area contributed by atoms with Crippen LogP contribution in [0.5, 0.6) is 0 Å². The van der Waals surface area contributed by atoms with Gasteiger partial charge in [0.2, 0.25) is 5.95 Å². The van der Waals surface area contributed by atoms with E-state index in [-0.39, 0.29) is 16.3 Å². The van der Waals surface area contributed by atoms with Gasteiger partial charge < -0.3 is 5.32 Å². The van der Waals surface area contributed by atoms with Gasteiger partial charge in [-0.2, -0.15) is 17.6 Å². The molecule has 0 aromatic heterocycles. The summed E-state index contributed by atoms with van der Waals surface area (Å²) < 4.78 is 51.4. The van der Waals surface area contributed by atoms with Crippen molar-refractivity contribution in [2.45, 2.75) is 19.5 Å². The van der Waals surface area contributed by atoms with Gasteiger partial charge in [-0.25, -0.2) is 5.84 Å². The van der Waals surface area contributed by atoms with Crippen molar-refractivity contribution >= 4 is 17.4 Å². The summed E-state index contributed by atoms with van der Waals surface area (Å²) in [6.07, 6.45) is -6.60. The zero-order valence-corrected chi connectivity index (χ0v) is 12.4. The normalized spacial score (nSPS) is 12.5. The lowest BCUT2D eigenvalue weighted by atomic mass is 10.1. The van der Waals surface area contributed by atoms with Gasteiger partial charge in [0.05, 0.1) is 17.7 Å². The molecule has 0 spiro atoms. The maximum absolute atomic E-state index is 13.8. The van der Waals surface area contributed by atoms with Crippen LogP contribution in [0, 0.1) is 0 Å². The molecule has 0 bridgehead atoms. The molecule has 0 saturated heterocycles. The molecular formula is C14H15F4N3O2. The molecule has 5 nitrogen and oxygen atoms in total. The Hall–Kier alpha value is -2.42. The minimum Gasteiger partial charge on any atom is -0.321 e. The summed E-state index contributed by atoms with van der Waals surface area (Å²) in [6, 6.07) is 5.70. The largest absolute Gasteiger partial charge is 0.393 e. The first-order valence-electron chi connectivity index (χ1n) is 6.38. The van der Waals surface area contributed by atoms with E-state index in [1.54, 1.807) is 0 Å². The number of hydrogen-bond acceptors (Lipinski definition) is 4. The van der Waals surface area contributed by atoms with E-state index in [4.69, 9.17) is 5.84 Å². The first-order valence-corrected chi connectivity index (χ1v) is 6.38. The number of hydrogen-bond donors (Lipinski definition) is 2. The van der Waals surface area contributed by atoms with Gasteiger partial charge in [0.15, 0.2) is 5.78 Å². The van der Waals surface area contributed by atoms with Gasteiger partial charge >= 0.3 is 6.18 Å². The lowest BCUT2D eigenvalue weighted by molar-refractivity contribution is -0.133. The highest BCUT2D eigenvalue weighted by molar-refractivity contribution is 6.08. The molecule has 1 rings (SSSR count). The predicted molar refractivity (Wildman–Crippen MR) is 75.8 cm³/mol. The molecule has 1 aromatic rings. The number of carbonyl (C=O) groups is 2. The highest BCUT2D eigenvalue weighted by atomic mass is 19.4. The summed E-state index contributed by atoms with van der Waals surface area (Å²) in [5.41, 5.74) is -1.10. The van der Waals surface area contributed by atoms with E-state index in [1.165, 1.54) is 31.2 Å². The van der Waals surface area contributed by atoms with Gasteiger partial charge in [0.1, 0.15) is 0 Å². The number of nitrogens with one attached hydrogen (secondary N) is 1. The number of halogens is 4. The highest BCUT2D eigenvalue weighted by Crippen LogP contribution is 2.28. The fourth-order valence-electron chi connectivity index (χ4n) is 1.76. The summed E-state index contributed by atoms with van der Waals surface area (Å²) >= 11 is 0. The number of hydrazine groups is 1. The smallest absolute Gasteiger partial charge is 0.321 e. The zero-order valence-electron chi connectivity index (χ0n) is 12.4. The van der Waals surface area contributed by atoms with Crippen LogP contribution in [0.4, 0.5) is 23.2 Å². The summed E-state index contributed by atoms with van der Waals surface area (Å²) in [6.45, 7) is 1.23. The number of rotatable bonds is 5. The van der Waals surface area contributed by atoms with Gasteiger partial charge in [-0.1, -0.05) is 12.1 Å². The van der Waals surface area contributed by atoms with Gasteiger partial charge in [-0.05, 0) is 19.1 Å². The average Bonchev–Trinajstić information content (AvgIpc) is 2.43. The number of amides is 1. The lowest BCUT2D eigenvalue weighted by Crippen LogP contribution is -2.29. The monoisotopic (exact) mass is 333 g/mol. The van der Waals surface area contributed by atoms with Gasteiger partial charge in [-0.3, -0.25) is 14.6 Å². The van der Waals surface area contributed by atoms with Crippen molar-refractivity contribution in [1.82, 2.24) is 5.01 Å². The zero-order chi connectivity index (χ0) is 17.8. The molecule has 0 fully saturated rings. The molecule has 0 aliphatic carbocycles. The van der Waals surface area contributed by atoms with Crippen LogP contribution >= 0.6 is 0 Å². The number of alkyl halides is 3. The van der Waals surface area contributed by atoms with Crippen molar-refractivity contribution in [3.63, 3.8) is 0 Å². The molecule has 0 atom stereocenters. The Morgan fingerprint density at radius 1 is 1.26 bits per heavy atom. The van der Waals surface area contributed by atoms with Gasteiger partial charge in [0.25, 0.3) is 5.91 Å². The van der Waals surface area contributed by atoms with Crippen LogP contribution in [0.25, 0.3) is 0 Å². The SMILES string of the molecule is CC(=O)c1ccccc1NC(=O)/C(CC(F)(F)F)=C(\F)N(C)N. The molecule has 0 saturated carbocycles. The van der Waals surface area contributed by atoms with E-state index >= 15 is 0 Å². The van der Waals surface area contributed by atoms with E-state index in [1.807, 2.05) is 0 Å². The van der Waals surface area contributed by atoms with Crippen molar-refractivity contribution in [1.29, 1.82) is 0 Å². The fraction of sp³-hybridized carbons (Fsp3) is 0.286. The van der Waals surface area contributed by atoms with Crippen LogP contribution in [0.2, 0.25) is 0 Å². The number of nitrogens with zero attached hydrogens (tertiary/aromatic N) is 1. The summed E-state index contributed by atoms with van der Waals surface area (Å²) in [5.74, 6) is 1.82. The number of carbonyl (C=O) groups excluding carboxylic acids is 2. The van der Waals surface area contributed by atoms with Crippen LogP contribution in [-0.2, 0) is 4.79 Å². The van der Waals surface area contributed by atoms with Crippen LogP contribution < -0.4 is 11.2 Å². The van der Waals surface area contributed by atoms with Gasteiger partial charge in [0, 0.05) is 12.6 Å². The lowest BCUT2D eigenvalue weighted by Gasteiger charge is -2.17. The van der Waals surface area contributed by atoms with Gasteiger partial charge in [-0.15, -0.1) is 0 Å². The molecule has 0 radical (unpaired) electrons. The maximum Gasteiger partial charge on any atom is 0.393 e. The number of benzene rings is 1. The Labute approximate surface area is 129 Å². The molecule has 1 amide bonds. The third-order valence-electron chi connectivity index (χ3n) is 2.76. The summed E-state index contributed by atoms with van der Waals surface area (Å²) in [7, 11) is 0.961. The van der Waals surface area contributed by atoms with Crippen LogP contribution in [0.15, 0.2) is 35.8 Å². The van der Waals surface area contributed by atoms with E-state index < -0.39 is 35.8 Å². The molecule has 1 aromatic carbocycles. The van der Waals surface area contributed by atoms with Crippen LogP contribution in [0.3, 0.4) is 0 Å². The highest BCUT2D eigenvalue weighted by Gasteiger charge is 2.34. The number of nitrogens with two attached hydrogens (primary N) is 1. The van der Waals surface area contributed by atoms with Crippen molar-refractivity contribution in [3.8, 4) is 0 Å². The summed E-state index contributed by atoms with van der Waals surface area (Å²) in [4.78, 5) is 23.5. The Kier molecular flexibility index (Phi) is 5.85. The standard InChI is InChI=1S/C14H15F4N3O2/c1-8(22)9-5-3-4-6-11(9)20-13(23)10(7-14(16,17)18)12(15)21(2)19/h3-6H,7,19H2,1-2H3,(H,20,23)/b12-10+. The van der Waals surface area contributed by atoms with Crippen molar-refractivity contribution < 1.29 is 27.2 Å². The topological polar surface area (TPSA) is 75.4 Å². The fourth-order valence-corrected chi connectivity index (χ4v) is 1.76. The number of para-hydroxylation sites is 1. The predicted octanol–water partition coefficient (Wildman–Crippen LogP) is 2.77. The first kappa shape index (κ1) is 18.6. The van der Waals surface area contributed by atoms with E-state index in [0.29, 0.717) is 0 Å². The third kappa shape index (κ3) is 5.37. The van der Waals surface area contributed by atoms with E-state index in [9.17, 15) is 27.2 Å². The second-order valence-corrected chi connectivity index (χ2v) is 4.73. The Morgan fingerprint density at radius 2 is 1.83 bits per heavy atom. The molecule has 9 heteroatoms. The average molecular weight is 333 g/mol. The molecule has 0 unspecified atom stereocenters. The molecule has 126 valence electrons. The van der Waals surface area contributed by atoms with Crippen LogP contribution in [-0.4, -0.2) is 29.9 Å². The third-order valence-corrected chi connectivity index (χ3v) is 2.76. The minimum absolute atomic E-state index is 0.0165. The van der Waals surface area contributed by atoms with Crippen molar-refractivity contribution in [3.05, 3.63) is 41.4 Å². The quantitative estimate of drug-likeness (QED) is 0.217. The maximum atomic E-state index is 13.8. The molecule has 3 N–H and O–H groups in total. The molecule has 0 aliphatic heterocycles. The Morgan fingerprint density at radius 3 is 2.30 bits per heavy atom. The minimum atomic E-state index is -4.81. The van der Waals surface area contributed by atoms with E-state index in [0.717, 1.165) is 7.05 Å². The number of ketones is 1. The second-order valence-electron chi connectivity index (χ2n) is 4.73. The summed E-state index contributed by atoms with van der Waals surface area (Å²) in [5, 5.41) is 2.39. The van der Waals surface area contributed by atoms with Crippen molar-refractivity contribution in [2.75, 3.05) is 12.4 Å². The van der Waals surface area contributed by atoms with Crippen LogP contribution in [0.1, 0.15) is 23.7 Å². The Balaban J connectivity index is 3.18. The molecule has 23 heavy (non-hydrogen) atoms.